The van der Waals surface area contributed by atoms with Gasteiger partial charge in [-0.15, -0.1) is 0 Å². The number of halogens is 10. The third kappa shape index (κ3) is 14.5. The minimum atomic E-state index is -0.522. The van der Waals surface area contributed by atoms with Crippen LogP contribution in [-0.2, 0) is 37.8 Å². The van der Waals surface area contributed by atoms with E-state index in [1.165, 1.54) is 120 Å². The molecule has 1 saturated heterocycles. The highest BCUT2D eigenvalue weighted by Crippen LogP contribution is 2.62. The molecular formula is C91H81Br10N3O4. The van der Waals surface area contributed by atoms with Crippen LogP contribution in [0.1, 0.15) is 167 Å². The molecule has 4 N–H and O–H groups in total. The second-order valence-electron chi connectivity index (χ2n) is 31.4. The number of aromatic nitrogens is 1. The lowest BCUT2D eigenvalue weighted by Gasteiger charge is -2.42. The van der Waals surface area contributed by atoms with E-state index >= 15 is 0 Å². The van der Waals surface area contributed by atoms with Crippen LogP contribution in [0.15, 0.2) is 227 Å². The first kappa shape index (κ1) is 77.7. The monoisotopic (exact) mass is 2070 g/mol. The number of fused-ring (bicyclic) bond motifs is 23. The van der Waals surface area contributed by atoms with Crippen LogP contribution in [0.5, 0.6) is 0 Å². The van der Waals surface area contributed by atoms with E-state index in [1.54, 1.807) is 0 Å². The molecule has 20 rings (SSSR count). The van der Waals surface area contributed by atoms with Crippen LogP contribution in [0.3, 0.4) is 0 Å². The van der Waals surface area contributed by atoms with Gasteiger partial charge in [-0.1, -0.05) is 220 Å². The molecule has 0 unspecified atom stereocenters. The summed E-state index contributed by atoms with van der Waals surface area (Å²) in [7, 11) is 0. The Labute approximate surface area is 717 Å². The number of hydrogen-bond acceptors (Lipinski definition) is 5. The minimum Gasteiger partial charge on any atom is -0.393 e. The fraction of sp³-hybridized carbons (Fsp3) is 0.319. The lowest BCUT2D eigenvalue weighted by Crippen LogP contribution is -2.39. The molecule has 9 aliphatic rings. The molecule has 4 saturated carbocycles. The number of Topliss-reactive ketones (excluding diaryl/α,β-unsaturated/α-hetero) is 1. The molecule has 554 valence electrons. The highest BCUT2D eigenvalue weighted by atomic mass is 79.9. The van der Waals surface area contributed by atoms with Gasteiger partial charge in [-0.3, -0.25) is 9.59 Å². The van der Waals surface area contributed by atoms with Gasteiger partial charge in [0, 0.05) is 122 Å². The topological polar surface area (TPSA) is 109 Å². The third-order valence-electron chi connectivity index (χ3n) is 25.2. The lowest BCUT2D eigenvalue weighted by atomic mass is 9.64. The SMILES string of the molecule is CC1(O)CCC2(CC1)c1cc(Br)ccc1-c1ccc(Br)cc12.NC1CCC2(CC1)c1cc(Br)ccc1-c1ccc(Br)cc12.O=C1CCC2(CC1)c1cc(Br)ccc1-c1ccc(Br)cc12.O=C1CCCN1CCn1c2cc(Br)ccc2c2ccc(Br)cc21.OC1CCC2(CC1)c1cc(Br)ccc1-c1ccc(Br)cc12. The Bertz CT molecular complexity index is 5000. The van der Waals surface area contributed by atoms with Crippen molar-refractivity contribution in [3.8, 4) is 44.5 Å². The Morgan fingerprint density at radius 2 is 0.639 bits per heavy atom. The molecule has 1 aromatic heterocycles. The van der Waals surface area contributed by atoms with Crippen molar-refractivity contribution in [2.24, 2.45) is 5.73 Å². The van der Waals surface area contributed by atoms with Crippen molar-refractivity contribution >= 4 is 193 Å². The van der Waals surface area contributed by atoms with Gasteiger partial charge in [0.2, 0.25) is 5.91 Å². The number of hydrogen-bond donors (Lipinski definition) is 3. The molecule has 1 aliphatic heterocycles. The summed E-state index contributed by atoms with van der Waals surface area (Å²) in [6.45, 7) is 4.46. The van der Waals surface area contributed by atoms with Crippen molar-refractivity contribution in [3.63, 3.8) is 0 Å². The first-order valence-corrected chi connectivity index (χ1v) is 45.5. The number of aliphatic hydroxyl groups is 2. The maximum Gasteiger partial charge on any atom is 0.222 e. The van der Waals surface area contributed by atoms with E-state index in [0.717, 1.165) is 152 Å². The summed E-state index contributed by atoms with van der Waals surface area (Å²) < 4.78 is 13.6. The number of aliphatic hydroxyl groups excluding tert-OH is 1. The average Bonchev–Trinajstić information content (AvgIpc) is 1.59. The number of likely N-dealkylation sites (tertiary alicyclic amines) is 1. The Morgan fingerprint density at radius 1 is 0.361 bits per heavy atom. The van der Waals surface area contributed by atoms with Crippen molar-refractivity contribution in [2.45, 2.75) is 168 Å². The number of rotatable bonds is 3. The first-order chi connectivity index (χ1) is 51.8. The van der Waals surface area contributed by atoms with Gasteiger partial charge in [0.15, 0.2) is 0 Å². The van der Waals surface area contributed by atoms with Crippen LogP contribution in [0.4, 0.5) is 0 Å². The van der Waals surface area contributed by atoms with E-state index in [4.69, 9.17) is 5.73 Å². The predicted molar refractivity (Wildman–Crippen MR) is 476 cm³/mol. The van der Waals surface area contributed by atoms with Crippen LogP contribution < -0.4 is 5.73 Å². The van der Waals surface area contributed by atoms with Crippen molar-refractivity contribution < 1.29 is 19.8 Å². The molecule has 11 aromatic rings. The number of nitrogens with zero attached hydrogens (tertiary/aromatic N) is 2. The minimum absolute atomic E-state index is 0.0200. The molecule has 4 spiro atoms. The van der Waals surface area contributed by atoms with Gasteiger partial charge < -0.3 is 25.4 Å². The number of amides is 1. The maximum atomic E-state index is 11.9. The average molecular weight is 2080 g/mol. The Balaban J connectivity index is 0.000000103. The highest BCUT2D eigenvalue weighted by Gasteiger charge is 2.50. The number of benzene rings is 10. The second kappa shape index (κ2) is 31.2. The Morgan fingerprint density at radius 3 is 0.944 bits per heavy atom. The molecule has 8 aliphatic carbocycles. The summed E-state index contributed by atoms with van der Waals surface area (Å²) in [5, 5.41) is 22.9. The van der Waals surface area contributed by atoms with E-state index in [-0.39, 0.29) is 33.7 Å². The van der Waals surface area contributed by atoms with E-state index in [2.05, 4.69) is 346 Å². The molecule has 1 amide bonds. The molecule has 5 fully saturated rings. The molecule has 7 nitrogen and oxygen atoms in total. The fourth-order valence-corrected chi connectivity index (χ4v) is 23.3. The second-order valence-corrected chi connectivity index (χ2v) is 40.6. The van der Waals surface area contributed by atoms with Crippen molar-refractivity contribution in [1.29, 1.82) is 0 Å². The van der Waals surface area contributed by atoms with E-state index in [9.17, 15) is 19.8 Å². The number of carbonyl (C=O) groups is 2. The predicted octanol–water partition coefficient (Wildman–Crippen LogP) is 27.2. The van der Waals surface area contributed by atoms with Gasteiger partial charge in [-0.2, -0.15) is 0 Å². The van der Waals surface area contributed by atoms with E-state index < -0.39 is 5.60 Å². The van der Waals surface area contributed by atoms with Gasteiger partial charge in [0.05, 0.1) is 22.7 Å². The van der Waals surface area contributed by atoms with Crippen molar-refractivity contribution in [1.82, 2.24) is 9.47 Å². The first-order valence-electron chi connectivity index (χ1n) is 37.6. The number of carbonyl (C=O) groups excluding carboxylic acids is 2. The zero-order valence-corrected chi connectivity index (χ0v) is 75.6. The number of ketones is 1. The van der Waals surface area contributed by atoms with Crippen molar-refractivity contribution in [2.75, 3.05) is 13.1 Å². The van der Waals surface area contributed by atoms with Crippen LogP contribution in [-0.4, -0.2) is 62.2 Å². The molecule has 10 aromatic carbocycles. The summed E-state index contributed by atoms with van der Waals surface area (Å²) in [6, 6.07) is 66.3. The maximum absolute atomic E-state index is 11.9. The summed E-state index contributed by atoms with van der Waals surface area (Å²) in [6.07, 6.45) is 16.9. The summed E-state index contributed by atoms with van der Waals surface area (Å²) >= 11 is 36.2. The summed E-state index contributed by atoms with van der Waals surface area (Å²) in [4.78, 5) is 25.6. The molecule has 2 heterocycles. The molecule has 0 radical (unpaired) electrons. The van der Waals surface area contributed by atoms with Crippen LogP contribution in [0, 0.1) is 0 Å². The largest absolute Gasteiger partial charge is 0.393 e. The van der Waals surface area contributed by atoms with E-state index in [0.29, 0.717) is 31.1 Å². The van der Waals surface area contributed by atoms with Gasteiger partial charge >= 0.3 is 0 Å². The van der Waals surface area contributed by atoms with Gasteiger partial charge in [-0.25, -0.2) is 0 Å². The zero-order valence-electron chi connectivity index (χ0n) is 59.8. The molecule has 0 atom stereocenters. The van der Waals surface area contributed by atoms with Crippen molar-refractivity contribution in [3.05, 3.63) is 271 Å². The summed E-state index contributed by atoms with van der Waals surface area (Å²) in [5.74, 6) is 0.689. The van der Waals surface area contributed by atoms with Gasteiger partial charge in [-0.05, 0) is 314 Å². The molecular weight excluding hydrogens is 2000 g/mol. The van der Waals surface area contributed by atoms with Gasteiger partial charge in [0.1, 0.15) is 5.78 Å². The Hall–Kier alpha value is -4.18. The number of nitrogens with two attached hydrogens (primary N) is 1. The normalized spacial score (nSPS) is 19.7. The third-order valence-corrected chi connectivity index (χ3v) is 30.2. The van der Waals surface area contributed by atoms with Crippen LogP contribution >= 0.6 is 159 Å². The molecule has 0 bridgehead atoms. The lowest BCUT2D eigenvalue weighted by molar-refractivity contribution is -0.127. The van der Waals surface area contributed by atoms with E-state index in [1.807, 2.05) is 11.8 Å². The fourth-order valence-electron chi connectivity index (χ4n) is 19.8. The van der Waals surface area contributed by atoms with Crippen LogP contribution in [0.2, 0.25) is 0 Å². The van der Waals surface area contributed by atoms with Crippen LogP contribution in [0.25, 0.3) is 66.3 Å². The smallest absolute Gasteiger partial charge is 0.222 e. The van der Waals surface area contributed by atoms with Gasteiger partial charge in [0.25, 0.3) is 0 Å². The highest BCUT2D eigenvalue weighted by molar-refractivity contribution is 9.12. The Kier molecular flexibility index (Phi) is 22.5. The standard InChI is InChI=1S/C19H18Br2O.C18H16Br2N2O.C18H17Br2N.C18H16Br2O.C18H14Br2O/c1-18(22)6-8-19(9-7-18)16-10-12(20)2-4-14(16)15-5-3-13(21)11-17(15)19;19-12-3-5-14-15-6-4-13(20)11-17(15)22(16(14)10-12)9-8-21-7-1-2-18(21)23;3*19-11-1-3-14-15-4-2-12(20)10-17(15)18(16(14)9-11)7-5-13(21)6-8-18/h2-5,10-11,22H,6-9H2,1H3;3-6,10-11H,1-2,7-9H2;1-4,9-10,13H,5-8,21H2;1-4,9-10,13,21H,5-8H2;1-4,9-10H,5-8H2. The molecule has 108 heavy (non-hydrogen) atoms. The summed E-state index contributed by atoms with van der Waals surface area (Å²) in [5.41, 5.74) is 30.7. The zero-order chi connectivity index (χ0) is 75.3. The molecule has 17 heteroatoms. The quantitative estimate of drug-likeness (QED) is 0.163.